The van der Waals surface area contributed by atoms with E-state index in [0.717, 1.165) is 16.5 Å². The zero-order valence-electron chi connectivity index (χ0n) is 13.9. The van der Waals surface area contributed by atoms with Crippen molar-refractivity contribution >= 4 is 16.8 Å². The van der Waals surface area contributed by atoms with Crippen LogP contribution in [-0.4, -0.2) is 10.9 Å². The van der Waals surface area contributed by atoms with Crippen molar-refractivity contribution in [1.29, 1.82) is 0 Å². The summed E-state index contributed by atoms with van der Waals surface area (Å²) in [4.78, 5) is 27.2. The van der Waals surface area contributed by atoms with Gasteiger partial charge in [-0.1, -0.05) is 37.3 Å². The van der Waals surface area contributed by atoms with Gasteiger partial charge >= 0.3 is 0 Å². The van der Waals surface area contributed by atoms with Gasteiger partial charge in [-0.3, -0.25) is 9.59 Å². The van der Waals surface area contributed by atoms with Crippen molar-refractivity contribution in [2.24, 2.45) is 5.92 Å². The highest BCUT2D eigenvalue weighted by molar-refractivity contribution is 5.80. The zero-order chi connectivity index (χ0) is 17.8. The Kier molecular flexibility index (Phi) is 4.93. The van der Waals surface area contributed by atoms with E-state index in [1.54, 1.807) is 18.2 Å². The third kappa shape index (κ3) is 4.12. The van der Waals surface area contributed by atoms with E-state index in [2.05, 4.69) is 10.3 Å². The van der Waals surface area contributed by atoms with E-state index >= 15 is 0 Å². The average molecular weight is 338 g/mol. The summed E-state index contributed by atoms with van der Waals surface area (Å²) in [5.41, 5.74) is 1.98. The number of rotatable bonds is 5. The molecule has 5 heteroatoms. The van der Waals surface area contributed by atoms with Gasteiger partial charge in [-0.15, -0.1) is 0 Å². The average Bonchev–Trinajstić information content (AvgIpc) is 2.61. The molecule has 2 aromatic carbocycles. The molecule has 4 nitrogen and oxygen atoms in total. The molecule has 1 aromatic heterocycles. The van der Waals surface area contributed by atoms with Gasteiger partial charge in [-0.2, -0.15) is 0 Å². The van der Waals surface area contributed by atoms with Crippen molar-refractivity contribution in [2.75, 3.05) is 0 Å². The van der Waals surface area contributed by atoms with Gasteiger partial charge in [0, 0.05) is 23.5 Å². The molecule has 0 radical (unpaired) electrons. The Morgan fingerprint density at radius 3 is 2.64 bits per heavy atom. The summed E-state index contributed by atoms with van der Waals surface area (Å²) >= 11 is 0. The molecule has 1 atom stereocenters. The minimum absolute atomic E-state index is 0.142. The first kappa shape index (κ1) is 16.9. The first-order valence-corrected chi connectivity index (χ1v) is 8.16. The summed E-state index contributed by atoms with van der Waals surface area (Å²) < 4.78 is 12.9. The lowest BCUT2D eigenvalue weighted by Gasteiger charge is -2.12. The molecule has 0 bridgehead atoms. The molecule has 3 aromatic rings. The molecule has 0 saturated heterocycles. The van der Waals surface area contributed by atoms with Crippen molar-refractivity contribution in [2.45, 2.75) is 19.9 Å². The number of aromatic nitrogens is 1. The van der Waals surface area contributed by atoms with Crippen LogP contribution in [0.15, 0.2) is 59.4 Å². The molecule has 3 rings (SSSR count). The molecular formula is C20H19FN2O2. The number of benzene rings is 2. The van der Waals surface area contributed by atoms with Gasteiger partial charge in [-0.25, -0.2) is 4.39 Å². The van der Waals surface area contributed by atoms with Gasteiger partial charge in [0.2, 0.25) is 5.91 Å². The highest BCUT2D eigenvalue weighted by Crippen LogP contribution is 2.12. The number of amides is 1. The maximum atomic E-state index is 12.9. The summed E-state index contributed by atoms with van der Waals surface area (Å²) in [6, 6.07) is 15.4. The summed E-state index contributed by atoms with van der Waals surface area (Å²) in [7, 11) is 0. The summed E-state index contributed by atoms with van der Waals surface area (Å²) in [5.74, 6) is -0.710. The van der Waals surface area contributed by atoms with Crippen LogP contribution in [0.2, 0.25) is 0 Å². The zero-order valence-corrected chi connectivity index (χ0v) is 13.9. The molecule has 1 heterocycles. The van der Waals surface area contributed by atoms with Crippen molar-refractivity contribution in [3.8, 4) is 0 Å². The lowest BCUT2D eigenvalue weighted by molar-refractivity contribution is -0.124. The molecule has 0 aliphatic carbocycles. The topological polar surface area (TPSA) is 62.0 Å². The van der Waals surface area contributed by atoms with Crippen LogP contribution in [0.25, 0.3) is 10.9 Å². The Hall–Kier alpha value is -2.95. The Morgan fingerprint density at radius 1 is 1.16 bits per heavy atom. The SMILES string of the molecule is CC(Cc1ccc(F)cc1)C(=O)NCc1cc2ccccc2[nH]c1=O. The minimum atomic E-state index is -0.295. The standard InChI is InChI=1S/C20H19FN2O2/c1-13(10-14-6-8-17(21)9-7-14)19(24)22-12-16-11-15-4-2-3-5-18(15)23-20(16)25/h2-9,11,13H,10,12H2,1H3,(H,22,24)(H,23,25). The monoisotopic (exact) mass is 338 g/mol. The molecule has 1 unspecified atom stereocenters. The Balaban J connectivity index is 1.64. The lowest BCUT2D eigenvalue weighted by Crippen LogP contribution is -2.31. The van der Waals surface area contributed by atoms with E-state index in [9.17, 15) is 14.0 Å². The minimum Gasteiger partial charge on any atom is -0.352 e. The molecule has 0 spiro atoms. The molecule has 2 N–H and O–H groups in total. The van der Waals surface area contributed by atoms with Crippen LogP contribution in [0.5, 0.6) is 0 Å². The third-order valence-corrected chi connectivity index (χ3v) is 4.19. The predicted octanol–water partition coefficient (Wildman–Crippen LogP) is 3.16. The van der Waals surface area contributed by atoms with Crippen LogP contribution in [0.1, 0.15) is 18.1 Å². The number of hydrogen-bond acceptors (Lipinski definition) is 2. The molecule has 1 amide bonds. The molecule has 0 aliphatic heterocycles. The largest absolute Gasteiger partial charge is 0.352 e. The Labute approximate surface area is 144 Å². The van der Waals surface area contributed by atoms with Crippen molar-refractivity contribution in [1.82, 2.24) is 10.3 Å². The van der Waals surface area contributed by atoms with E-state index in [-0.39, 0.29) is 29.7 Å². The number of carbonyl (C=O) groups excluding carboxylic acids is 1. The molecule has 128 valence electrons. The fourth-order valence-corrected chi connectivity index (χ4v) is 2.75. The number of carbonyl (C=O) groups is 1. The van der Waals surface area contributed by atoms with Gasteiger partial charge in [0.05, 0.1) is 0 Å². The number of fused-ring (bicyclic) bond motifs is 1. The number of para-hydroxylation sites is 1. The van der Waals surface area contributed by atoms with Crippen LogP contribution in [-0.2, 0) is 17.8 Å². The first-order chi connectivity index (χ1) is 12.0. The number of halogens is 1. The summed E-state index contributed by atoms with van der Waals surface area (Å²) in [6.07, 6.45) is 0.514. The van der Waals surface area contributed by atoms with Gasteiger partial charge < -0.3 is 10.3 Å². The second-order valence-corrected chi connectivity index (χ2v) is 6.16. The third-order valence-electron chi connectivity index (χ3n) is 4.19. The van der Waals surface area contributed by atoms with E-state index in [4.69, 9.17) is 0 Å². The highest BCUT2D eigenvalue weighted by Gasteiger charge is 2.14. The van der Waals surface area contributed by atoms with Crippen LogP contribution >= 0.6 is 0 Å². The first-order valence-electron chi connectivity index (χ1n) is 8.16. The molecular weight excluding hydrogens is 319 g/mol. The van der Waals surface area contributed by atoms with Crippen LogP contribution in [0.4, 0.5) is 4.39 Å². The summed E-state index contributed by atoms with van der Waals surface area (Å²) in [6.45, 7) is 1.98. The number of hydrogen-bond donors (Lipinski definition) is 2. The summed E-state index contributed by atoms with van der Waals surface area (Å²) in [5, 5.41) is 3.72. The second kappa shape index (κ2) is 7.30. The smallest absolute Gasteiger partial charge is 0.253 e. The molecule has 0 fully saturated rings. The van der Waals surface area contributed by atoms with E-state index in [1.165, 1.54) is 12.1 Å². The maximum absolute atomic E-state index is 12.9. The number of H-pyrrole nitrogens is 1. The van der Waals surface area contributed by atoms with Gasteiger partial charge in [0.1, 0.15) is 5.82 Å². The predicted molar refractivity (Wildman–Crippen MR) is 95.7 cm³/mol. The van der Waals surface area contributed by atoms with Gasteiger partial charge in [0.15, 0.2) is 0 Å². The number of aromatic amines is 1. The van der Waals surface area contributed by atoms with E-state index < -0.39 is 0 Å². The van der Waals surface area contributed by atoms with E-state index in [1.807, 2.05) is 31.2 Å². The molecule has 0 aliphatic rings. The Bertz CT molecular complexity index is 948. The van der Waals surface area contributed by atoms with Gasteiger partial charge in [-0.05, 0) is 41.6 Å². The number of nitrogens with one attached hydrogen (secondary N) is 2. The van der Waals surface area contributed by atoms with Crippen LogP contribution in [0, 0.1) is 11.7 Å². The van der Waals surface area contributed by atoms with Gasteiger partial charge in [0.25, 0.3) is 5.56 Å². The van der Waals surface area contributed by atoms with Crippen LogP contribution < -0.4 is 10.9 Å². The fourth-order valence-electron chi connectivity index (χ4n) is 2.75. The Morgan fingerprint density at radius 2 is 1.88 bits per heavy atom. The van der Waals surface area contributed by atoms with Crippen molar-refractivity contribution < 1.29 is 9.18 Å². The fraction of sp³-hybridized carbons (Fsp3) is 0.200. The van der Waals surface area contributed by atoms with Crippen LogP contribution in [0.3, 0.4) is 0 Å². The van der Waals surface area contributed by atoms with E-state index in [0.29, 0.717) is 12.0 Å². The molecule has 0 saturated carbocycles. The number of pyridine rings is 1. The van der Waals surface area contributed by atoms with Crippen molar-refractivity contribution in [3.63, 3.8) is 0 Å². The normalized spacial score (nSPS) is 12.1. The van der Waals surface area contributed by atoms with Crippen molar-refractivity contribution in [3.05, 3.63) is 81.9 Å². The highest BCUT2D eigenvalue weighted by atomic mass is 19.1. The maximum Gasteiger partial charge on any atom is 0.253 e. The lowest BCUT2D eigenvalue weighted by atomic mass is 10.0. The quantitative estimate of drug-likeness (QED) is 0.751. The second-order valence-electron chi connectivity index (χ2n) is 6.16. The molecule has 25 heavy (non-hydrogen) atoms.